The van der Waals surface area contributed by atoms with Crippen molar-refractivity contribution in [2.45, 2.75) is 26.9 Å². The topological polar surface area (TPSA) is 77.3 Å². The molecule has 178 valence electrons. The number of allylic oxidation sites excluding steroid dienone is 1. The molecule has 0 radical (unpaired) electrons. The van der Waals surface area contributed by atoms with Gasteiger partial charge in [-0.1, -0.05) is 11.6 Å². The molecular weight excluding hydrogens is 466 g/mol. The van der Waals surface area contributed by atoms with Crippen LogP contribution in [0.1, 0.15) is 40.5 Å². The Labute approximate surface area is 200 Å². The van der Waals surface area contributed by atoms with Gasteiger partial charge < -0.3 is 9.64 Å². The molecule has 0 spiro atoms. The molecule has 1 unspecified atom stereocenters. The Hall–Kier alpha value is -3.59. The molecule has 3 rings (SSSR count). The molecule has 7 nitrogen and oxygen atoms in total. The zero-order valence-corrected chi connectivity index (χ0v) is 20.0. The van der Waals surface area contributed by atoms with E-state index in [1.807, 2.05) is 0 Å². The summed E-state index contributed by atoms with van der Waals surface area (Å²) in [4.78, 5) is 35.3. The van der Waals surface area contributed by atoms with Crippen LogP contribution in [-0.2, 0) is 0 Å². The van der Waals surface area contributed by atoms with Crippen molar-refractivity contribution in [2.75, 3.05) is 14.1 Å². The summed E-state index contributed by atoms with van der Waals surface area (Å²) in [6, 6.07) is 3.74. The summed E-state index contributed by atoms with van der Waals surface area (Å²) in [5, 5.41) is -0.239. The minimum absolute atomic E-state index is 0.0235. The van der Waals surface area contributed by atoms with E-state index < -0.39 is 23.3 Å². The quantitative estimate of drug-likeness (QED) is 0.358. The van der Waals surface area contributed by atoms with Crippen molar-refractivity contribution < 1.29 is 18.3 Å². The van der Waals surface area contributed by atoms with Crippen LogP contribution in [0.4, 0.5) is 8.78 Å². The molecule has 0 aromatic carbocycles. The third-order valence-electron chi connectivity index (χ3n) is 4.92. The number of nitrogens with zero attached hydrogens (tertiary/aromatic N) is 4. The Morgan fingerprint density at radius 2 is 1.88 bits per heavy atom. The summed E-state index contributed by atoms with van der Waals surface area (Å²) in [6.07, 6.45) is 4.42. The highest BCUT2D eigenvalue weighted by Gasteiger charge is 2.21. The number of rotatable bonds is 7. The van der Waals surface area contributed by atoms with E-state index in [1.54, 1.807) is 39.0 Å². The number of halogens is 3. The van der Waals surface area contributed by atoms with E-state index in [9.17, 15) is 18.4 Å². The molecule has 1 atom stereocenters. The molecule has 0 bridgehead atoms. The first-order valence-corrected chi connectivity index (χ1v) is 10.6. The summed E-state index contributed by atoms with van der Waals surface area (Å²) in [6.45, 7) is 4.92. The molecule has 0 saturated carbocycles. The van der Waals surface area contributed by atoms with Crippen LogP contribution in [-0.4, -0.2) is 39.3 Å². The van der Waals surface area contributed by atoms with Crippen molar-refractivity contribution in [3.63, 3.8) is 0 Å². The summed E-state index contributed by atoms with van der Waals surface area (Å²) in [7, 11) is 3.57. The van der Waals surface area contributed by atoms with Gasteiger partial charge in [0, 0.05) is 50.4 Å². The van der Waals surface area contributed by atoms with E-state index in [-0.39, 0.29) is 27.9 Å². The highest BCUT2D eigenvalue weighted by Crippen LogP contribution is 2.29. The molecule has 0 aliphatic heterocycles. The lowest BCUT2D eigenvalue weighted by Gasteiger charge is -2.19. The summed E-state index contributed by atoms with van der Waals surface area (Å²) in [5.41, 5.74) is 0.987. The first-order chi connectivity index (χ1) is 16.0. The van der Waals surface area contributed by atoms with Gasteiger partial charge in [0.2, 0.25) is 5.78 Å². The van der Waals surface area contributed by atoms with Gasteiger partial charge in [-0.2, -0.15) is 0 Å². The highest BCUT2D eigenvalue weighted by molar-refractivity contribution is 6.31. The van der Waals surface area contributed by atoms with E-state index in [0.29, 0.717) is 23.0 Å². The van der Waals surface area contributed by atoms with E-state index in [2.05, 4.69) is 9.97 Å². The zero-order chi connectivity index (χ0) is 25.2. The summed E-state index contributed by atoms with van der Waals surface area (Å²) >= 11 is 6.32. The van der Waals surface area contributed by atoms with Gasteiger partial charge in [0.1, 0.15) is 34.1 Å². The first-order valence-electron chi connectivity index (χ1n) is 10.2. The van der Waals surface area contributed by atoms with Gasteiger partial charge in [0.25, 0.3) is 5.56 Å². The van der Waals surface area contributed by atoms with Gasteiger partial charge in [0.05, 0.1) is 11.9 Å². The normalized spacial score (nSPS) is 12.1. The molecule has 0 saturated heterocycles. The average molecular weight is 489 g/mol. The SMILES string of the molecule is Cc1cnc(C(=O)C=CN(C)C)cc1-n1c(C)cc(OC(C)c2ncc(F)cc2F)c(Cl)c1=O. The van der Waals surface area contributed by atoms with Crippen LogP contribution in [0.2, 0.25) is 5.02 Å². The molecule has 34 heavy (non-hydrogen) atoms. The van der Waals surface area contributed by atoms with Crippen LogP contribution in [0.3, 0.4) is 0 Å². The van der Waals surface area contributed by atoms with Gasteiger partial charge >= 0.3 is 0 Å². The van der Waals surface area contributed by atoms with Crippen LogP contribution >= 0.6 is 11.6 Å². The minimum atomic E-state index is -0.942. The van der Waals surface area contributed by atoms with E-state index in [4.69, 9.17) is 16.3 Å². The molecule has 3 heterocycles. The number of ketones is 1. The molecule has 3 aromatic heterocycles. The maximum atomic E-state index is 14.1. The molecular formula is C24H23ClF2N4O3. The maximum absolute atomic E-state index is 14.1. The number of hydrogen-bond donors (Lipinski definition) is 0. The van der Waals surface area contributed by atoms with Crippen LogP contribution in [0.5, 0.6) is 5.75 Å². The van der Waals surface area contributed by atoms with Crippen molar-refractivity contribution in [3.05, 3.63) is 92.5 Å². The second kappa shape index (κ2) is 10.1. The fourth-order valence-corrected chi connectivity index (χ4v) is 3.41. The van der Waals surface area contributed by atoms with Gasteiger partial charge in [-0.25, -0.2) is 8.78 Å². The lowest BCUT2D eigenvalue weighted by Crippen LogP contribution is -2.23. The van der Waals surface area contributed by atoms with Gasteiger partial charge in [-0.15, -0.1) is 0 Å². The largest absolute Gasteiger partial charge is 0.482 e. The van der Waals surface area contributed by atoms with Gasteiger partial charge in [0.15, 0.2) is 5.82 Å². The first kappa shape index (κ1) is 25.0. The molecule has 0 fully saturated rings. The molecule has 0 amide bonds. The van der Waals surface area contributed by atoms with Gasteiger partial charge in [-0.3, -0.25) is 24.1 Å². The lowest BCUT2D eigenvalue weighted by molar-refractivity contribution is 0.104. The predicted octanol–water partition coefficient (Wildman–Crippen LogP) is 4.57. The van der Waals surface area contributed by atoms with Crippen molar-refractivity contribution >= 4 is 17.4 Å². The monoisotopic (exact) mass is 488 g/mol. The molecule has 0 aliphatic carbocycles. The highest BCUT2D eigenvalue weighted by atomic mass is 35.5. The fourth-order valence-electron chi connectivity index (χ4n) is 3.23. The number of hydrogen-bond acceptors (Lipinski definition) is 6. The Bertz CT molecular complexity index is 1340. The van der Waals surface area contributed by atoms with Crippen molar-refractivity contribution in [1.82, 2.24) is 19.4 Å². The van der Waals surface area contributed by atoms with Crippen molar-refractivity contribution in [2.24, 2.45) is 0 Å². The molecule has 0 aliphatic rings. The maximum Gasteiger partial charge on any atom is 0.277 e. The van der Waals surface area contributed by atoms with Crippen molar-refractivity contribution in [1.29, 1.82) is 0 Å². The number of pyridine rings is 3. The van der Waals surface area contributed by atoms with E-state index >= 15 is 0 Å². The fraction of sp³-hybridized carbons (Fsp3) is 0.250. The smallest absolute Gasteiger partial charge is 0.277 e. The second-order valence-corrected chi connectivity index (χ2v) is 8.26. The zero-order valence-electron chi connectivity index (χ0n) is 19.3. The molecule has 3 aromatic rings. The van der Waals surface area contributed by atoms with Crippen LogP contribution in [0.25, 0.3) is 5.69 Å². The lowest BCUT2D eigenvalue weighted by atomic mass is 10.1. The van der Waals surface area contributed by atoms with E-state index in [0.717, 1.165) is 6.20 Å². The minimum Gasteiger partial charge on any atom is -0.482 e. The Morgan fingerprint density at radius 3 is 2.53 bits per heavy atom. The second-order valence-electron chi connectivity index (χ2n) is 7.88. The number of aromatic nitrogens is 3. The standard InChI is InChI=1S/C24H23ClF2N4O3/c1-13-11-28-18(20(32)6-7-30(4)5)10-19(13)31-14(2)8-21(22(25)24(31)33)34-15(3)23-17(27)9-16(26)12-29-23/h6-12,15H,1-5H3. The Morgan fingerprint density at radius 1 is 1.18 bits per heavy atom. The van der Waals surface area contributed by atoms with Crippen molar-refractivity contribution in [3.8, 4) is 11.4 Å². The Balaban J connectivity index is 2.01. The number of aryl methyl sites for hydroxylation is 2. The number of carbonyl (C=O) groups excluding carboxylic acids is 1. The number of carbonyl (C=O) groups is 1. The average Bonchev–Trinajstić information content (AvgIpc) is 2.76. The van der Waals surface area contributed by atoms with Gasteiger partial charge in [-0.05, 0) is 32.4 Å². The van der Waals surface area contributed by atoms with Crippen LogP contribution < -0.4 is 10.3 Å². The summed E-state index contributed by atoms with van der Waals surface area (Å²) in [5.74, 6) is -1.99. The molecule has 10 heteroatoms. The molecule has 0 N–H and O–H groups in total. The third kappa shape index (κ3) is 5.31. The van der Waals surface area contributed by atoms with Crippen LogP contribution in [0.15, 0.2) is 47.7 Å². The van der Waals surface area contributed by atoms with Crippen LogP contribution in [0, 0.1) is 25.5 Å². The van der Waals surface area contributed by atoms with E-state index in [1.165, 1.54) is 35.9 Å². The Kier molecular flexibility index (Phi) is 7.46. The predicted molar refractivity (Wildman–Crippen MR) is 125 cm³/mol. The summed E-state index contributed by atoms with van der Waals surface area (Å²) < 4.78 is 34.3. The number of ether oxygens (including phenoxy) is 1. The third-order valence-corrected chi connectivity index (χ3v) is 5.27.